The molecular formula is C24H25Cl2N5O4. The third kappa shape index (κ3) is 6.49. The van der Waals surface area contributed by atoms with E-state index in [0.717, 1.165) is 5.56 Å². The smallest absolute Gasteiger partial charge is 0.410 e. The predicted molar refractivity (Wildman–Crippen MR) is 131 cm³/mol. The Morgan fingerprint density at radius 3 is 2.69 bits per heavy atom. The summed E-state index contributed by atoms with van der Waals surface area (Å²) in [5.41, 5.74) is 0.957. The van der Waals surface area contributed by atoms with Gasteiger partial charge in [0, 0.05) is 24.8 Å². The van der Waals surface area contributed by atoms with Crippen molar-refractivity contribution in [1.82, 2.24) is 20.0 Å². The van der Waals surface area contributed by atoms with Crippen LogP contribution in [0, 0.1) is 5.92 Å². The van der Waals surface area contributed by atoms with Crippen LogP contribution < -0.4 is 5.32 Å². The molecule has 4 rings (SSSR count). The maximum atomic E-state index is 12.7. The molecule has 1 fully saturated rings. The first-order chi connectivity index (χ1) is 16.6. The number of benzene rings is 1. The number of hydrogen-bond donors (Lipinski definition) is 1. The van der Waals surface area contributed by atoms with Gasteiger partial charge in [-0.05, 0) is 57.0 Å². The van der Waals surface area contributed by atoms with Gasteiger partial charge in [0.05, 0.1) is 22.4 Å². The number of amides is 2. The van der Waals surface area contributed by atoms with Crippen molar-refractivity contribution in [3.05, 3.63) is 58.0 Å². The summed E-state index contributed by atoms with van der Waals surface area (Å²) in [5, 5.41) is 7.75. The lowest BCUT2D eigenvalue weighted by molar-refractivity contribution is -0.119. The number of halogens is 2. The molecule has 1 aliphatic rings. The van der Waals surface area contributed by atoms with Gasteiger partial charge in [0.1, 0.15) is 11.4 Å². The SMILES string of the molecule is CC(C)(C)OC(=O)N1CCC(C(=O)Nc2ccc(-c3noc(Cc4ccc(Cl)c(Cl)c4)n3)cn2)C1. The van der Waals surface area contributed by atoms with Crippen molar-refractivity contribution in [2.45, 2.75) is 39.2 Å². The first-order valence-electron chi connectivity index (χ1n) is 11.1. The van der Waals surface area contributed by atoms with Crippen LogP contribution in [-0.2, 0) is 16.0 Å². The third-order valence-electron chi connectivity index (χ3n) is 5.29. The number of nitrogens with one attached hydrogen (secondary N) is 1. The fraction of sp³-hybridized carbons (Fsp3) is 0.375. The molecule has 35 heavy (non-hydrogen) atoms. The minimum atomic E-state index is -0.577. The molecule has 0 saturated carbocycles. The van der Waals surface area contributed by atoms with E-state index in [2.05, 4.69) is 20.4 Å². The Balaban J connectivity index is 1.33. The second kappa shape index (κ2) is 10.2. The first-order valence-corrected chi connectivity index (χ1v) is 11.8. The lowest BCUT2D eigenvalue weighted by atomic mass is 10.1. The lowest BCUT2D eigenvalue weighted by Gasteiger charge is -2.24. The van der Waals surface area contributed by atoms with E-state index in [1.165, 1.54) is 0 Å². The van der Waals surface area contributed by atoms with E-state index >= 15 is 0 Å². The molecule has 0 spiro atoms. The Bertz CT molecular complexity index is 1220. The summed E-state index contributed by atoms with van der Waals surface area (Å²) in [6.45, 7) is 6.22. The van der Waals surface area contributed by atoms with Crippen molar-refractivity contribution < 1.29 is 18.8 Å². The van der Waals surface area contributed by atoms with Crippen molar-refractivity contribution in [3.8, 4) is 11.4 Å². The van der Waals surface area contributed by atoms with Gasteiger partial charge in [-0.15, -0.1) is 0 Å². The number of hydrogen-bond acceptors (Lipinski definition) is 7. The fourth-order valence-corrected chi connectivity index (χ4v) is 3.88. The molecule has 3 aromatic rings. The quantitative estimate of drug-likeness (QED) is 0.493. The first kappa shape index (κ1) is 24.9. The van der Waals surface area contributed by atoms with Crippen molar-refractivity contribution >= 4 is 41.0 Å². The van der Waals surface area contributed by atoms with Crippen LogP contribution in [0.2, 0.25) is 10.0 Å². The summed E-state index contributed by atoms with van der Waals surface area (Å²) >= 11 is 12.0. The van der Waals surface area contributed by atoms with E-state index in [0.29, 0.717) is 59.1 Å². The van der Waals surface area contributed by atoms with Crippen LogP contribution in [0.5, 0.6) is 0 Å². The Labute approximate surface area is 212 Å². The molecule has 184 valence electrons. The topological polar surface area (TPSA) is 110 Å². The molecule has 0 aliphatic carbocycles. The molecule has 3 heterocycles. The molecule has 9 nitrogen and oxygen atoms in total. The van der Waals surface area contributed by atoms with Crippen molar-refractivity contribution in [3.63, 3.8) is 0 Å². The number of nitrogens with zero attached hydrogens (tertiary/aromatic N) is 4. The van der Waals surface area contributed by atoms with Gasteiger partial charge >= 0.3 is 6.09 Å². The molecule has 1 aliphatic heterocycles. The second-order valence-corrected chi connectivity index (χ2v) is 10.1. The van der Waals surface area contributed by atoms with Gasteiger partial charge in [0.25, 0.3) is 0 Å². The van der Waals surface area contributed by atoms with Crippen LogP contribution >= 0.6 is 23.2 Å². The van der Waals surface area contributed by atoms with Crippen LogP contribution in [0.15, 0.2) is 41.1 Å². The van der Waals surface area contributed by atoms with E-state index in [-0.39, 0.29) is 11.8 Å². The normalized spacial score (nSPS) is 15.8. The highest BCUT2D eigenvalue weighted by atomic mass is 35.5. The van der Waals surface area contributed by atoms with Gasteiger partial charge in [0.15, 0.2) is 0 Å². The molecule has 2 amide bonds. The number of rotatable bonds is 5. The summed E-state index contributed by atoms with van der Waals surface area (Å²) in [6, 6.07) is 8.73. The molecule has 11 heteroatoms. The molecule has 1 unspecified atom stereocenters. The molecule has 1 atom stereocenters. The standard InChI is InChI=1S/C24H25Cl2N5O4/c1-24(2,3)34-23(33)31-9-8-16(13-31)22(32)28-19-7-5-15(12-27-19)21-29-20(35-30-21)11-14-4-6-17(25)18(26)10-14/h4-7,10,12,16H,8-9,11,13H2,1-3H3,(H,27,28,32). The van der Waals surface area contributed by atoms with Crippen LogP contribution in [0.1, 0.15) is 38.6 Å². The Kier molecular flexibility index (Phi) is 7.28. The summed E-state index contributed by atoms with van der Waals surface area (Å²) in [5.74, 6) is 0.680. The minimum Gasteiger partial charge on any atom is -0.444 e. The monoisotopic (exact) mass is 517 g/mol. The van der Waals surface area contributed by atoms with E-state index in [1.54, 1.807) is 35.4 Å². The van der Waals surface area contributed by atoms with Crippen LogP contribution in [0.4, 0.5) is 10.6 Å². The Morgan fingerprint density at radius 2 is 2.00 bits per heavy atom. The second-order valence-electron chi connectivity index (χ2n) is 9.27. The summed E-state index contributed by atoms with van der Waals surface area (Å²) in [6.07, 6.45) is 2.13. The lowest BCUT2D eigenvalue weighted by Crippen LogP contribution is -2.36. The number of carbonyl (C=O) groups is 2. The van der Waals surface area contributed by atoms with Gasteiger partial charge < -0.3 is 19.5 Å². The van der Waals surface area contributed by atoms with Gasteiger partial charge in [-0.3, -0.25) is 4.79 Å². The largest absolute Gasteiger partial charge is 0.444 e. The molecule has 0 radical (unpaired) electrons. The zero-order valence-electron chi connectivity index (χ0n) is 19.5. The number of aromatic nitrogens is 3. The molecule has 0 bridgehead atoms. The average molecular weight is 518 g/mol. The zero-order valence-corrected chi connectivity index (χ0v) is 21.1. The summed E-state index contributed by atoms with van der Waals surface area (Å²) in [7, 11) is 0. The number of pyridine rings is 1. The summed E-state index contributed by atoms with van der Waals surface area (Å²) < 4.78 is 10.7. The number of ether oxygens (including phenoxy) is 1. The van der Waals surface area contributed by atoms with Crippen molar-refractivity contribution in [1.29, 1.82) is 0 Å². The van der Waals surface area contributed by atoms with E-state index in [4.69, 9.17) is 32.5 Å². The van der Waals surface area contributed by atoms with Crippen molar-refractivity contribution in [2.75, 3.05) is 18.4 Å². The van der Waals surface area contributed by atoms with E-state index in [9.17, 15) is 9.59 Å². The number of anilines is 1. The summed E-state index contributed by atoms with van der Waals surface area (Å²) in [4.78, 5) is 35.1. The number of carbonyl (C=O) groups excluding carboxylic acids is 2. The molecule has 1 saturated heterocycles. The highest BCUT2D eigenvalue weighted by molar-refractivity contribution is 6.42. The van der Waals surface area contributed by atoms with E-state index in [1.807, 2.05) is 26.8 Å². The maximum Gasteiger partial charge on any atom is 0.410 e. The Morgan fingerprint density at radius 1 is 1.20 bits per heavy atom. The van der Waals surface area contributed by atoms with Crippen LogP contribution in [-0.4, -0.2) is 50.7 Å². The predicted octanol–water partition coefficient (Wildman–Crippen LogP) is 5.22. The zero-order chi connectivity index (χ0) is 25.2. The number of likely N-dealkylation sites (tertiary alicyclic amines) is 1. The van der Waals surface area contributed by atoms with Gasteiger partial charge in [-0.2, -0.15) is 4.98 Å². The van der Waals surface area contributed by atoms with Gasteiger partial charge in [0.2, 0.25) is 17.6 Å². The van der Waals surface area contributed by atoms with E-state index < -0.39 is 11.7 Å². The Hall–Kier alpha value is -3.17. The third-order valence-corrected chi connectivity index (χ3v) is 6.03. The minimum absolute atomic E-state index is 0.195. The van der Waals surface area contributed by atoms with Crippen LogP contribution in [0.3, 0.4) is 0 Å². The molecule has 1 aromatic carbocycles. The molecule has 1 N–H and O–H groups in total. The fourth-order valence-electron chi connectivity index (χ4n) is 3.56. The van der Waals surface area contributed by atoms with Gasteiger partial charge in [-0.25, -0.2) is 9.78 Å². The maximum absolute atomic E-state index is 12.7. The highest BCUT2D eigenvalue weighted by Gasteiger charge is 2.33. The highest BCUT2D eigenvalue weighted by Crippen LogP contribution is 2.25. The molecular weight excluding hydrogens is 493 g/mol. The average Bonchev–Trinajstić information content (AvgIpc) is 3.46. The van der Waals surface area contributed by atoms with Crippen LogP contribution in [0.25, 0.3) is 11.4 Å². The van der Waals surface area contributed by atoms with Crippen molar-refractivity contribution in [2.24, 2.45) is 5.92 Å². The molecule has 2 aromatic heterocycles. The van der Waals surface area contributed by atoms with Gasteiger partial charge in [-0.1, -0.05) is 34.4 Å².